The van der Waals surface area contributed by atoms with Crippen molar-refractivity contribution < 1.29 is 14.4 Å². The van der Waals surface area contributed by atoms with Crippen molar-refractivity contribution in [3.8, 4) is 0 Å². The summed E-state index contributed by atoms with van der Waals surface area (Å²) in [6.07, 6.45) is 11.8. The molecule has 0 radical (unpaired) electrons. The SMILES string of the molecule is CCCCCCCCCCCCC(NC(C)=O)(NC(=O)c1ccccc1)C(N)=O. The summed E-state index contributed by atoms with van der Waals surface area (Å²) in [5.74, 6) is -1.61. The fourth-order valence-electron chi connectivity index (χ4n) is 3.44. The van der Waals surface area contributed by atoms with Crippen LogP contribution in [0.2, 0.25) is 0 Å². The molecule has 4 N–H and O–H groups in total. The highest BCUT2D eigenvalue weighted by Gasteiger charge is 2.38. The first-order valence-electron chi connectivity index (χ1n) is 10.9. The van der Waals surface area contributed by atoms with Crippen molar-refractivity contribution in [2.75, 3.05) is 0 Å². The maximum atomic E-state index is 12.6. The number of carbonyl (C=O) groups is 3. The van der Waals surface area contributed by atoms with Crippen LogP contribution >= 0.6 is 0 Å². The van der Waals surface area contributed by atoms with E-state index in [9.17, 15) is 14.4 Å². The highest BCUT2D eigenvalue weighted by atomic mass is 16.2. The van der Waals surface area contributed by atoms with Gasteiger partial charge in [0.05, 0.1) is 0 Å². The summed E-state index contributed by atoms with van der Waals surface area (Å²) in [7, 11) is 0. The molecule has 0 bridgehead atoms. The third kappa shape index (κ3) is 9.59. The van der Waals surface area contributed by atoms with E-state index in [0.29, 0.717) is 12.0 Å². The Hall–Kier alpha value is -2.37. The molecule has 1 rings (SSSR count). The maximum absolute atomic E-state index is 12.6. The quantitative estimate of drug-likeness (QED) is 0.304. The molecule has 1 aromatic carbocycles. The molecule has 0 saturated heterocycles. The number of nitrogens with one attached hydrogen (secondary N) is 2. The minimum absolute atomic E-state index is 0.275. The summed E-state index contributed by atoms with van der Waals surface area (Å²) in [5, 5.41) is 5.24. The monoisotopic (exact) mass is 403 g/mol. The van der Waals surface area contributed by atoms with Gasteiger partial charge >= 0.3 is 0 Å². The zero-order valence-electron chi connectivity index (χ0n) is 18.0. The zero-order valence-corrected chi connectivity index (χ0v) is 18.0. The molecule has 0 heterocycles. The second kappa shape index (κ2) is 13.7. The van der Waals surface area contributed by atoms with Gasteiger partial charge in [-0.05, 0) is 25.0 Å². The van der Waals surface area contributed by atoms with Crippen LogP contribution in [0.1, 0.15) is 94.8 Å². The van der Waals surface area contributed by atoms with Crippen LogP contribution in [0.3, 0.4) is 0 Å². The highest BCUT2D eigenvalue weighted by molar-refractivity contribution is 6.00. The molecule has 0 aromatic heterocycles. The summed E-state index contributed by atoms with van der Waals surface area (Å²) >= 11 is 0. The van der Waals surface area contributed by atoms with E-state index in [-0.39, 0.29) is 6.42 Å². The average molecular weight is 404 g/mol. The molecule has 3 amide bonds. The normalized spacial score (nSPS) is 12.8. The minimum Gasteiger partial charge on any atom is -0.366 e. The predicted molar refractivity (Wildman–Crippen MR) is 116 cm³/mol. The van der Waals surface area contributed by atoms with E-state index >= 15 is 0 Å². The average Bonchev–Trinajstić information content (AvgIpc) is 2.69. The lowest BCUT2D eigenvalue weighted by Crippen LogP contribution is -2.67. The number of nitrogens with two attached hydrogens (primary N) is 1. The van der Waals surface area contributed by atoms with Gasteiger partial charge in [0.25, 0.3) is 11.8 Å². The van der Waals surface area contributed by atoms with Crippen LogP contribution in [0.4, 0.5) is 0 Å². The van der Waals surface area contributed by atoms with Crippen LogP contribution in [0.5, 0.6) is 0 Å². The Morgan fingerprint density at radius 1 is 0.828 bits per heavy atom. The van der Waals surface area contributed by atoms with Gasteiger partial charge < -0.3 is 16.4 Å². The van der Waals surface area contributed by atoms with Crippen molar-refractivity contribution in [3.05, 3.63) is 35.9 Å². The van der Waals surface area contributed by atoms with Gasteiger partial charge in [-0.2, -0.15) is 0 Å². The third-order valence-electron chi connectivity index (χ3n) is 5.08. The molecule has 6 heteroatoms. The van der Waals surface area contributed by atoms with Crippen LogP contribution in [0.15, 0.2) is 30.3 Å². The van der Waals surface area contributed by atoms with Gasteiger partial charge in [-0.25, -0.2) is 0 Å². The molecule has 0 fully saturated rings. The Kier molecular flexibility index (Phi) is 11.7. The van der Waals surface area contributed by atoms with Gasteiger partial charge in [-0.15, -0.1) is 0 Å². The van der Waals surface area contributed by atoms with Crippen molar-refractivity contribution in [3.63, 3.8) is 0 Å². The largest absolute Gasteiger partial charge is 0.366 e. The lowest BCUT2D eigenvalue weighted by atomic mass is 9.98. The van der Waals surface area contributed by atoms with Crippen molar-refractivity contribution in [2.24, 2.45) is 5.73 Å². The molecule has 1 aromatic rings. The van der Waals surface area contributed by atoms with Crippen molar-refractivity contribution in [1.29, 1.82) is 0 Å². The first kappa shape index (κ1) is 24.7. The molecule has 0 aliphatic rings. The first-order valence-corrected chi connectivity index (χ1v) is 10.9. The lowest BCUT2D eigenvalue weighted by Gasteiger charge is -2.32. The Morgan fingerprint density at radius 2 is 1.34 bits per heavy atom. The molecule has 1 unspecified atom stereocenters. The van der Waals surface area contributed by atoms with Gasteiger partial charge in [-0.3, -0.25) is 14.4 Å². The zero-order chi connectivity index (χ0) is 21.5. The van der Waals surface area contributed by atoms with Crippen LogP contribution in [-0.4, -0.2) is 23.4 Å². The number of benzene rings is 1. The van der Waals surface area contributed by atoms with Crippen molar-refractivity contribution in [1.82, 2.24) is 10.6 Å². The van der Waals surface area contributed by atoms with Gasteiger partial charge in [0.15, 0.2) is 5.66 Å². The second-order valence-electron chi connectivity index (χ2n) is 7.70. The topological polar surface area (TPSA) is 101 Å². The third-order valence-corrected chi connectivity index (χ3v) is 5.08. The Balaban J connectivity index is 2.54. The van der Waals surface area contributed by atoms with Gasteiger partial charge in [0.1, 0.15) is 0 Å². The van der Waals surface area contributed by atoms with Crippen LogP contribution in [0.25, 0.3) is 0 Å². The number of unbranched alkanes of at least 4 members (excludes halogenated alkanes) is 9. The van der Waals surface area contributed by atoms with Crippen LogP contribution < -0.4 is 16.4 Å². The summed E-state index contributed by atoms with van der Waals surface area (Å²) in [6, 6.07) is 8.57. The van der Waals surface area contributed by atoms with Crippen LogP contribution in [0, 0.1) is 0 Å². The summed E-state index contributed by atoms with van der Waals surface area (Å²) in [6.45, 7) is 3.53. The van der Waals surface area contributed by atoms with Gasteiger partial charge in [0, 0.05) is 12.5 Å². The molecule has 6 nitrogen and oxygen atoms in total. The van der Waals surface area contributed by atoms with Gasteiger partial charge in [0.2, 0.25) is 5.91 Å². The van der Waals surface area contributed by atoms with E-state index in [1.165, 1.54) is 45.4 Å². The summed E-state index contributed by atoms with van der Waals surface area (Å²) < 4.78 is 0. The Morgan fingerprint density at radius 3 is 1.83 bits per heavy atom. The fourth-order valence-corrected chi connectivity index (χ4v) is 3.44. The molecular weight excluding hydrogens is 366 g/mol. The molecule has 0 aliphatic heterocycles. The molecule has 0 spiro atoms. The number of hydrogen-bond donors (Lipinski definition) is 3. The number of primary amides is 1. The number of carbonyl (C=O) groups excluding carboxylic acids is 3. The van der Waals surface area contributed by atoms with E-state index in [4.69, 9.17) is 5.73 Å². The Bertz CT molecular complexity index is 634. The van der Waals surface area contributed by atoms with E-state index in [0.717, 1.165) is 19.3 Å². The van der Waals surface area contributed by atoms with E-state index < -0.39 is 23.4 Å². The van der Waals surface area contributed by atoms with E-state index in [2.05, 4.69) is 17.6 Å². The van der Waals surface area contributed by atoms with E-state index in [1.54, 1.807) is 30.3 Å². The van der Waals surface area contributed by atoms with Crippen LogP contribution in [-0.2, 0) is 9.59 Å². The molecule has 0 saturated carbocycles. The first-order chi connectivity index (χ1) is 13.9. The number of rotatable bonds is 15. The number of amides is 3. The van der Waals surface area contributed by atoms with Gasteiger partial charge in [-0.1, -0.05) is 82.9 Å². The van der Waals surface area contributed by atoms with Crippen molar-refractivity contribution >= 4 is 17.7 Å². The van der Waals surface area contributed by atoms with Crippen molar-refractivity contribution in [2.45, 2.75) is 90.1 Å². The van der Waals surface area contributed by atoms with E-state index in [1.807, 2.05) is 0 Å². The summed E-state index contributed by atoms with van der Waals surface area (Å²) in [4.78, 5) is 36.5. The summed E-state index contributed by atoms with van der Waals surface area (Å²) in [5.41, 5.74) is 4.44. The predicted octanol–water partition coefficient (Wildman–Crippen LogP) is 4.05. The maximum Gasteiger partial charge on any atom is 0.264 e. The number of hydrogen-bond acceptors (Lipinski definition) is 3. The molecule has 29 heavy (non-hydrogen) atoms. The minimum atomic E-state index is -1.57. The highest BCUT2D eigenvalue weighted by Crippen LogP contribution is 2.17. The Labute approximate surface area is 175 Å². The smallest absolute Gasteiger partial charge is 0.264 e. The molecule has 0 aliphatic carbocycles. The standard InChI is InChI=1S/C23H37N3O3/c1-3-4-5-6-7-8-9-10-11-15-18-23(22(24)29,25-19(2)27)26-21(28)20-16-13-12-14-17-20/h12-14,16-17H,3-11,15,18H2,1-2H3,(H2,24,29)(H,25,27)(H,26,28). The second-order valence-corrected chi connectivity index (χ2v) is 7.70. The molecular formula is C23H37N3O3. The molecule has 162 valence electrons. The molecule has 1 atom stereocenters. The fraction of sp³-hybridized carbons (Fsp3) is 0.609. The lowest BCUT2D eigenvalue weighted by molar-refractivity contribution is -0.132.